The van der Waals surface area contributed by atoms with Gasteiger partial charge in [0.05, 0.1) is 0 Å². The lowest BCUT2D eigenvalue weighted by atomic mass is 10.2. The van der Waals surface area contributed by atoms with Crippen molar-refractivity contribution >= 4 is 35.7 Å². The molecule has 0 radical (unpaired) electrons. The van der Waals surface area contributed by atoms with Crippen LogP contribution in [-0.2, 0) is 19.2 Å². The normalized spacial score (nSPS) is 12.2. The predicted octanol–water partition coefficient (Wildman–Crippen LogP) is -4.43. The molecule has 17 nitrogen and oxygen atoms in total. The minimum absolute atomic E-state index is 0.0129. The van der Waals surface area contributed by atoms with E-state index in [0.29, 0.717) is 38.8 Å². The van der Waals surface area contributed by atoms with Gasteiger partial charge in [-0.1, -0.05) is 0 Å². The molecule has 0 rings (SSSR count). The lowest BCUT2D eigenvalue weighted by Gasteiger charge is -2.03. The zero-order chi connectivity index (χ0) is 27.3. The standard InChI is InChI=1S/2C6H14N4O2.C5H10N2O3/c2*7-4(5(11)12)2-1-3-10-6(8)9;6-3(5(9)10)1-2-4(7)8/h2*4H,1-3,7H2,(H,11,12)(H4,8,9,10);3H,1-2,6H2,(H2,7,8)(H,9,10). The van der Waals surface area contributed by atoms with E-state index in [0.717, 1.165) is 0 Å². The largest absolute Gasteiger partial charge is 0.480 e. The van der Waals surface area contributed by atoms with E-state index in [9.17, 15) is 19.2 Å². The van der Waals surface area contributed by atoms with E-state index >= 15 is 0 Å². The van der Waals surface area contributed by atoms with Crippen LogP contribution in [0.3, 0.4) is 0 Å². The van der Waals surface area contributed by atoms with E-state index in [1.165, 1.54) is 0 Å². The summed E-state index contributed by atoms with van der Waals surface area (Å²) in [6.45, 7) is 0.840. The summed E-state index contributed by atoms with van der Waals surface area (Å²) in [7, 11) is 0. The fraction of sp³-hybridized carbons (Fsp3) is 0.647. The monoisotopic (exact) mass is 494 g/mol. The average molecular weight is 495 g/mol. The van der Waals surface area contributed by atoms with Crippen molar-refractivity contribution in [3.63, 3.8) is 0 Å². The maximum absolute atomic E-state index is 10.2. The van der Waals surface area contributed by atoms with Gasteiger partial charge in [-0.25, -0.2) is 0 Å². The van der Waals surface area contributed by atoms with Crippen LogP contribution < -0.4 is 45.9 Å². The maximum atomic E-state index is 10.2. The Balaban J connectivity index is -0.000000426. The number of guanidine groups is 2. The number of aliphatic imine (C=N–C) groups is 2. The molecule has 34 heavy (non-hydrogen) atoms. The summed E-state index contributed by atoms with van der Waals surface area (Å²) in [4.78, 5) is 47.9. The third-order valence-electron chi connectivity index (χ3n) is 3.59. The molecule has 3 atom stereocenters. The van der Waals surface area contributed by atoms with Crippen LogP contribution in [0.15, 0.2) is 9.98 Å². The molecule has 0 aliphatic heterocycles. The second-order valence-corrected chi connectivity index (χ2v) is 6.74. The highest BCUT2D eigenvalue weighted by atomic mass is 16.4. The number of carbonyl (C=O) groups is 4. The van der Waals surface area contributed by atoms with Crippen LogP contribution in [0.4, 0.5) is 0 Å². The van der Waals surface area contributed by atoms with Crippen LogP contribution in [0.5, 0.6) is 0 Å². The Kier molecular flexibility index (Phi) is 21.7. The van der Waals surface area contributed by atoms with E-state index in [4.69, 9.17) is 61.2 Å². The fourth-order valence-electron chi connectivity index (χ4n) is 1.71. The number of primary amides is 1. The first-order chi connectivity index (χ1) is 15.6. The van der Waals surface area contributed by atoms with Gasteiger partial charge >= 0.3 is 17.9 Å². The van der Waals surface area contributed by atoms with Crippen LogP contribution in [0.2, 0.25) is 0 Å². The number of carboxylic acid groups (broad SMARTS) is 3. The number of rotatable bonds is 14. The van der Waals surface area contributed by atoms with E-state index in [1.807, 2.05) is 0 Å². The minimum Gasteiger partial charge on any atom is -0.480 e. The molecular weight excluding hydrogens is 456 g/mol. The summed E-state index contributed by atoms with van der Waals surface area (Å²) >= 11 is 0. The Bertz CT molecular complexity index is 640. The molecule has 0 aliphatic rings. The lowest BCUT2D eigenvalue weighted by molar-refractivity contribution is -0.139. The van der Waals surface area contributed by atoms with Crippen LogP contribution in [0.25, 0.3) is 0 Å². The molecule has 0 fully saturated rings. The van der Waals surface area contributed by atoms with Crippen molar-refractivity contribution < 1.29 is 34.5 Å². The molecule has 0 saturated heterocycles. The Labute approximate surface area is 196 Å². The quantitative estimate of drug-likeness (QED) is 0.0616. The van der Waals surface area contributed by atoms with Crippen LogP contribution in [0.1, 0.15) is 38.5 Å². The molecule has 0 aromatic heterocycles. The van der Waals surface area contributed by atoms with Crippen molar-refractivity contribution in [3.8, 4) is 0 Å². The molecule has 0 aliphatic carbocycles. The summed E-state index contributed by atoms with van der Waals surface area (Å²) < 4.78 is 0. The summed E-state index contributed by atoms with van der Waals surface area (Å²) in [5.41, 5.74) is 40.5. The lowest BCUT2D eigenvalue weighted by Crippen LogP contribution is -2.31. The molecule has 17 heteroatoms. The van der Waals surface area contributed by atoms with Gasteiger partial charge in [0.1, 0.15) is 18.1 Å². The average Bonchev–Trinajstić information content (AvgIpc) is 2.72. The first kappa shape index (κ1) is 34.9. The number of carboxylic acids is 3. The Morgan fingerprint density at radius 1 is 0.588 bits per heavy atom. The third kappa shape index (κ3) is 28.3. The molecular formula is C17H38N10O7. The van der Waals surface area contributed by atoms with Crippen molar-refractivity contribution in [1.29, 1.82) is 0 Å². The Hall–Kier alpha value is -3.70. The fourth-order valence-corrected chi connectivity index (χ4v) is 1.71. The second-order valence-electron chi connectivity index (χ2n) is 6.74. The van der Waals surface area contributed by atoms with Crippen molar-refractivity contribution in [3.05, 3.63) is 0 Å². The predicted molar refractivity (Wildman–Crippen MR) is 125 cm³/mol. The molecule has 0 aromatic rings. The highest BCUT2D eigenvalue weighted by Crippen LogP contribution is 1.95. The topological polar surface area (TPSA) is 362 Å². The minimum atomic E-state index is -1.11. The number of aliphatic carboxylic acids is 3. The molecule has 198 valence electrons. The molecule has 1 amide bonds. The highest BCUT2D eigenvalue weighted by Gasteiger charge is 2.11. The van der Waals surface area contributed by atoms with Crippen molar-refractivity contribution in [2.45, 2.75) is 56.7 Å². The zero-order valence-electron chi connectivity index (χ0n) is 18.9. The Morgan fingerprint density at radius 2 is 0.882 bits per heavy atom. The summed E-state index contributed by atoms with van der Waals surface area (Å²) in [5, 5.41) is 25.0. The van der Waals surface area contributed by atoms with Gasteiger partial charge in [0.25, 0.3) is 0 Å². The SMILES string of the molecule is NC(=O)CCC(N)C(=O)O.NC(N)=NCCCC(N)C(=O)O.NC(N)=NCCCC(N)C(=O)O. The summed E-state index contributed by atoms with van der Waals surface area (Å²) in [6.07, 6.45) is 2.03. The Morgan fingerprint density at radius 3 is 1.12 bits per heavy atom. The van der Waals surface area contributed by atoms with E-state index < -0.39 is 41.9 Å². The molecule has 3 unspecified atom stereocenters. The second kappa shape index (κ2) is 21.2. The molecule has 19 N–H and O–H groups in total. The third-order valence-corrected chi connectivity index (χ3v) is 3.59. The van der Waals surface area contributed by atoms with E-state index in [2.05, 4.69) is 9.98 Å². The number of hydrogen-bond donors (Lipinski definition) is 11. The number of nitrogens with two attached hydrogens (primary N) is 8. The first-order valence-corrected chi connectivity index (χ1v) is 9.95. The van der Waals surface area contributed by atoms with Gasteiger partial charge in [0.2, 0.25) is 5.91 Å². The van der Waals surface area contributed by atoms with Gasteiger partial charge in [-0.2, -0.15) is 0 Å². The van der Waals surface area contributed by atoms with Crippen LogP contribution >= 0.6 is 0 Å². The number of nitrogens with zero attached hydrogens (tertiary/aromatic N) is 2. The number of carbonyl (C=O) groups excluding carboxylic acids is 1. The first-order valence-electron chi connectivity index (χ1n) is 9.95. The molecule has 0 aromatic carbocycles. The van der Waals surface area contributed by atoms with Crippen molar-refractivity contribution in [2.24, 2.45) is 55.9 Å². The molecule has 0 heterocycles. The zero-order valence-corrected chi connectivity index (χ0v) is 18.9. The van der Waals surface area contributed by atoms with Crippen LogP contribution in [0, 0.1) is 0 Å². The highest BCUT2D eigenvalue weighted by molar-refractivity contribution is 5.77. The molecule has 0 bridgehead atoms. The van der Waals surface area contributed by atoms with Crippen LogP contribution in [-0.4, -0.2) is 82.3 Å². The van der Waals surface area contributed by atoms with Gasteiger partial charge < -0.3 is 61.2 Å². The van der Waals surface area contributed by atoms with Gasteiger partial charge in [0, 0.05) is 19.5 Å². The number of amides is 1. The van der Waals surface area contributed by atoms with E-state index in [1.54, 1.807) is 0 Å². The van der Waals surface area contributed by atoms with Gasteiger partial charge in [-0.15, -0.1) is 0 Å². The summed E-state index contributed by atoms with van der Waals surface area (Å²) in [6, 6.07) is -2.62. The number of hydrogen-bond acceptors (Lipinski definition) is 9. The molecule has 0 spiro atoms. The smallest absolute Gasteiger partial charge is 0.320 e. The van der Waals surface area contributed by atoms with E-state index in [-0.39, 0.29) is 24.8 Å². The van der Waals surface area contributed by atoms with Gasteiger partial charge in [-0.3, -0.25) is 29.2 Å². The van der Waals surface area contributed by atoms with Gasteiger partial charge in [0.15, 0.2) is 11.9 Å². The maximum Gasteiger partial charge on any atom is 0.320 e. The van der Waals surface area contributed by atoms with Crippen molar-refractivity contribution in [1.82, 2.24) is 0 Å². The van der Waals surface area contributed by atoms with Gasteiger partial charge in [-0.05, 0) is 32.1 Å². The van der Waals surface area contributed by atoms with Crippen molar-refractivity contribution in [2.75, 3.05) is 13.1 Å². The molecule has 0 saturated carbocycles. The summed E-state index contributed by atoms with van der Waals surface area (Å²) in [5.74, 6) is -3.62.